The first-order valence-electron chi connectivity index (χ1n) is 15.1. The van der Waals surface area contributed by atoms with Gasteiger partial charge in [-0.25, -0.2) is 17.5 Å². The SMILES string of the molecule is CN(CC(C)(CCN1CCC(/C=C/CN(Cc2ccc([N+](=O)[O-])cc2)C(=O)O)CC1)c1ccccc1)S(=O)(=O)c1ccccc1. The number of nitro groups is 1. The molecule has 1 atom stereocenters. The van der Waals surface area contributed by atoms with Gasteiger partial charge in [-0.15, -0.1) is 0 Å². The average molecular weight is 635 g/mol. The van der Waals surface area contributed by atoms with Gasteiger partial charge < -0.3 is 14.9 Å². The van der Waals surface area contributed by atoms with Crippen LogP contribution in [0.15, 0.2) is 102 Å². The Balaban J connectivity index is 1.31. The number of amides is 1. The van der Waals surface area contributed by atoms with Gasteiger partial charge in [0.25, 0.3) is 5.69 Å². The van der Waals surface area contributed by atoms with Crippen molar-refractivity contribution in [3.8, 4) is 0 Å². The van der Waals surface area contributed by atoms with Gasteiger partial charge in [-0.1, -0.05) is 79.7 Å². The number of hydrogen-bond donors (Lipinski definition) is 1. The van der Waals surface area contributed by atoms with Crippen molar-refractivity contribution in [3.63, 3.8) is 0 Å². The molecule has 1 heterocycles. The molecule has 0 radical (unpaired) electrons. The van der Waals surface area contributed by atoms with E-state index in [4.69, 9.17) is 0 Å². The Morgan fingerprint density at radius 3 is 2.20 bits per heavy atom. The van der Waals surface area contributed by atoms with Gasteiger partial charge in [0.1, 0.15) is 0 Å². The minimum atomic E-state index is -3.63. The zero-order chi connectivity index (χ0) is 32.5. The molecule has 4 rings (SSSR count). The minimum absolute atomic E-state index is 0.0279. The lowest BCUT2D eigenvalue weighted by Gasteiger charge is -2.37. The molecular formula is C34H42N4O6S. The Morgan fingerprint density at radius 2 is 1.62 bits per heavy atom. The fraction of sp³-hybridized carbons (Fsp3) is 0.382. The van der Waals surface area contributed by atoms with E-state index in [-0.39, 0.29) is 23.7 Å². The van der Waals surface area contributed by atoms with Crippen LogP contribution in [-0.4, -0.2) is 78.4 Å². The van der Waals surface area contributed by atoms with Gasteiger partial charge >= 0.3 is 6.09 Å². The van der Waals surface area contributed by atoms with E-state index in [0.29, 0.717) is 18.0 Å². The summed E-state index contributed by atoms with van der Waals surface area (Å²) >= 11 is 0. The van der Waals surface area contributed by atoms with Crippen LogP contribution in [0, 0.1) is 16.0 Å². The Bertz CT molecular complexity index is 1540. The van der Waals surface area contributed by atoms with Gasteiger partial charge in [0.05, 0.1) is 9.82 Å². The number of nitrogens with zero attached hydrogens (tertiary/aromatic N) is 4. The lowest BCUT2D eigenvalue weighted by molar-refractivity contribution is -0.384. The maximum atomic E-state index is 13.3. The molecule has 240 valence electrons. The van der Waals surface area contributed by atoms with Crippen LogP contribution in [0.1, 0.15) is 37.3 Å². The third kappa shape index (κ3) is 9.23. The third-order valence-corrected chi connectivity index (χ3v) is 10.4. The lowest BCUT2D eigenvalue weighted by atomic mass is 9.79. The number of piperidine rings is 1. The number of carbonyl (C=O) groups is 1. The van der Waals surface area contributed by atoms with Crippen LogP contribution in [0.25, 0.3) is 0 Å². The van der Waals surface area contributed by atoms with Gasteiger partial charge in [-0.2, -0.15) is 0 Å². The second-order valence-corrected chi connectivity index (χ2v) is 14.0. The Hall–Kier alpha value is -4.06. The fourth-order valence-corrected chi connectivity index (χ4v) is 7.13. The summed E-state index contributed by atoms with van der Waals surface area (Å²) < 4.78 is 28.1. The smallest absolute Gasteiger partial charge is 0.407 e. The number of rotatable bonds is 14. The summed E-state index contributed by atoms with van der Waals surface area (Å²) in [6, 6.07) is 24.6. The van der Waals surface area contributed by atoms with Crippen LogP contribution in [0.4, 0.5) is 10.5 Å². The molecule has 1 unspecified atom stereocenters. The summed E-state index contributed by atoms with van der Waals surface area (Å²) in [5.41, 5.74) is 1.38. The monoisotopic (exact) mass is 634 g/mol. The van der Waals surface area contributed by atoms with Crippen LogP contribution >= 0.6 is 0 Å². The first-order chi connectivity index (χ1) is 21.5. The molecular weight excluding hydrogens is 592 g/mol. The van der Waals surface area contributed by atoms with E-state index in [2.05, 4.69) is 30.0 Å². The third-order valence-electron chi connectivity index (χ3n) is 8.63. The summed E-state index contributed by atoms with van der Waals surface area (Å²) in [5, 5.41) is 20.5. The van der Waals surface area contributed by atoms with Crippen LogP contribution in [0.3, 0.4) is 0 Å². The minimum Gasteiger partial charge on any atom is -0.465 e. The molecule has 1 amide bonds. The zero-order valence-electron chi connectivity index (χ0n) is 25.9. The van der Waals surface area contributed by atoms with Gasteiger partial charge in [-0.3, -0.25) is 10.1 Å². The highest BCUT2D eigenvalue weighted by Gasteiger charge is 2.33. The number of likely N-dealkylation sites (tertiary alicyclic amines) is 1. The molecule has 0 saturated carbocycles. The van der Waals surface area contributed by atoms with E-state index in [1.807, 2.05) is 24.3 Å². The van der Waals surface area contributed by atoms with E-state index in [9.17, 15) is 28.4 Å². The highest BCUT2D eigenvalue weighted by molar-refractivity contribution is 7.89. The molecule has 1 aliphatic rings. The normalized spacial score (nSPS) is 16.1. The van der Waals surface area contributed by atoms with Crippen molar-refractivity contribution >= 4 is 21.8 Å². The van der Waals surface area contributed by atoms with Gasteiger partial charge in [0, 0.05) is 44.2 Å². The van der Waals surface area contributed by atoms with E-state index < -0.39 is 26.5 Å². The van der Waals surface area contributed by atoms with Crippen molar-refractivity contribution in [3.05, 3.63) is 118 Å². The molecule has 3 aromatic carbocycles. The number of carboxylic acid groups (broad SMARTS) is 1. The number of nitro benzene ring substituents is 1. The largest absolute Gasteiger partial charge is 0.465 e. The van der Waals surface area contributed by atoms with Crippen LogP contribution < -0.4 is 0 Å². The number of sulfonamides is 1. The zero-order valence-corrected chi connectivity index (χ0v) is 26.7. The number of non-ortho nitro benzene ring substituents is 1. The quantitative estimate of drug-likeness (QED) is 0.131. The maximum Gasteiger partial charge on any atom is 0.407 e. The fourth-order valence-electron chi connectivity index (χ4n) is 5.81. The van der Waals surface area contributed by atoms with Crippen LogP contribution in [0.5, 0.6) is 0 Å². The first-order valence-corrected chi connectivity index (χ1v) is 16.6. The summed E-state index contributed by atoms with van der Waals surface area (Å²) in [6.45, 7) is 5.53. The molecule has 10 nitrogen and oxygen atoms in total. The topological polar surface area (TPSA) is 124 Å². The molecule has 0 bridgehead atoms. The molecule has 3 aromatic rings. The van der Waals surface area contributed by atoms with Crippen molar-refractivity contribution in [1.29, 1.82) is 0 Å². The Kier molecular flexibility index (Phi) is 11.5. The van der Waals surface area contributed by atoms with Crippen LogP contribution in [0.2, 0.25) is 0 Å². The van der Waals surface area contributed by atoms with E-state index >= 15 is 0 Å². The van der Waals surface area contributed by atoms with Crippen molar-refractivity contribution in [2.75, 3.05) is 39.8 Å². The summed E-state index contributed by atoms with van der Waals surface area (Å²) in [7, 11) is -1.97. The molecule has 1 aliphatic heterocycles. The molecule has 1 fully saturated rings. The summed E-state index contributed by atoms with van der Waals surface area (Å²) in [4.78, 5) is 26.2. The van der Waals surface area contributed by atoms with Gasteiger partial charge in [0.2, 0.25) is 10.0 Å². The van der Waals surface area contributed by atoms with Crippen molar-refractivity contribution in [1.82, 2.24) is 14.1 Å². The van der Waals surface area contributed by atoms with E-state index in [1.165, 1.54) is 21.3 Å². The highest BCUT2D eigenvalue weighted by Crippen LogP contribution is 2.31. The molecule has 0 aromatic heterocycles. The van der Waals surface area contributed by atoms with Gasteiger partial charge in [-0.05, 0) is 68.1 Å². The summed E-state index contributed by atoms with van der Waals surface area (Å²) in [5.74, 6) is 0.346. The molecule has 1 N–H and O–H groups in total. The van der Waals surface area contributed by atoms with Crippen molar-refractivity contribution in [2.24, 2.45) is 5.92 Å². The van der Waals surface area contributed by atoms with Crippen molar-refractivity contribution < 1.29 is 23.2 Å². The standard InChI is InChI=1S/C34H42N4O6S/c1-34(30-11-5-3-6-12-30,27-35(2)45(43,44)32-13-7-4-8-14-32)21-25-36-23-19-28(20-24-36)10-9-22-37(33(39)40)26-29-15-17-31(18-16-29)38(41)42/h3-18,28H,19-27H2,1-2H3,(H,39,40)/b10-9+. The summed E-state index contributed by atoms with van der Waals surface area (Å²) in [6.07, 6.45) is 5.65. The molecule has 1 saturated heterocycles. The number of allylic oxidation sites excluding steroid dienone is 1. The maximum absolute atomic E-state index is 13.3. The molecule has 45 heavy (non-hydrogen) atoms. The Labute approximate surface area is 265 Å². The highest BCUT2D eigenvalue weighted by atomic mass is 32.2. The first kappa shape index (κ1) is 33.8. The van der Waals surface area contributed by atoms with E-state index in [1.54, 1.807) is 49.5 Å². The predicted octanol–water partition coefficient (Wildman–Crippen LogP) is 6.01. The molecule has 0 aliphatic carbocycles. The molecule has 11 heteroatoms. The van der Waals surface area contributed by atoms with E-state index in [0.717, 1.165) is 44.5 Å². The second kappa shape index (κ2) is 15.3. The predicted molar refractivity (Wildman–Crippen MR) is 175 cm³/mol. The second-order valence-electron chi connectivity index (χ2n) is 11.9. The van der Waals surface area contributed by atoms with Crippen LogP contribution in [-0.2, 0) is 22.0 Å². The average Bonchev–Trinajstić information content (AvgIpc) is 3.05. The van der Waals surface area contributed by atoms with Gasteiger partial charge in [0.15, 0.2) is 0 Å². The van der Waals surface area contributed by atoms with Crippen molar-refractivity contribution in [2.45, 2.75) is 43.0 Å². The Morgan fingerprint density at radius 1 is 1.02 bits per heavy atom. The molecule has 0 spiro atoms. The lowest BCUT2D eigenvalue weighted by Crippen LogP contribution is -2.43. The number of hydrogen-bond acceptors (Lipinski definition) is 6. The number of benzene rings is 3. The number of likely N-dealkylation sites (N-methyl/N-ethyl adjacent to an activating group) is 1.